The molecule has 0 fully saturated rings. The minimum atomic E-state index is -1.09. The molecule has 5 heteroatoms. The molecule has 0 saturated carbocycles. The van der Waals surface area contributed by atoms with Crippen LogP contribution in [0.15, 0.2) is 30.3 Å². The van der Waals surface area contributed by atoms with Gasteiger partial charge in [-0.05, 0) is 36.3 Å². The Labute approximate surface area is 118 Å². The third-order valence-corrected chi connectivity index (χ3v) is 2.73. The summed E-state index contributed by atoms with van der Waals surface area (Å²) in [4.78, 5) is 12.1. The van der Waals surface area contributed by atoms with Gasteiger partial charge in [-0.15, -0.1) is 0 Å². The molecule has 102 valence electrons. The van der Waals surface area contributed by atoms with E-state index in [4.69, 9.17) is 18.0 Å². The van der Waals surface area contributed by atoms with Crippen LogP contribution in [0.2, 0.25) is 0 Å². The van der Waals surface area contributed by atoms with E-state index < -0.39 is 5.97 Å². The van der Waals surface area contributed by atoms with Crippen LogP contribution in [0.5, 0.6) is 0 Å². The Kier molecular flexibility index (Phi) is 6.02. The van der Waals surface area contributed by atoms with Crippen LogP contribution < -0.4 is 15.7 Å². The second-order valence-electron chi connectivity index (χ2n) is 4.06. The lowest BCUT2D eigenvalue weighted by Gasteiger charge is -2.22. The standard InChI is InChI=1S/C14H18N2O2S/c1-2-10-16(14(15)19)12-8-6-11(7-9-12)4-3-5-13(17)18/h3-4,6-9H,2,5,10H2,1H3,(H2,15,19)(H,17,18)/p-1/b4-3+. The molecular weight excluding hydrogens is 260 g/mol. The highest BCUT2D eigenvalue weighted by Gasteiger charge is 2.07. The number of hydrogen-bond donors (Lipinski definition) is 1. The summed E-state index contributed by atoms with van der Waals surface area (Å²) < 4.78 is 0. The van der Waals surface area contributed by atoms with Crippen molar-refractivity contribution in [3.05, 3.63) is 35.9 Å². The number of carboxylic acids is 1. The van der Waals surface area contributed by atoms with Crippen molar-refractivity contribution in [1.82, 2.24) is 0 Å². The van der Waals surface area contributed by atoms with Crippen LogP contribution in [0.4, 0.5) is 5.69 Å². The fraction of sp³-hybridized carbons (Fsp3) is 0.286. The lowest BCUT2D eigenvalue weighted by atomic mass is 10.1. The molecule has 1 aromatic rings. The van der Waals surface area contributed by atoms with Gasteiger partial charge in [-0.25, -0.2) is 0 Å². The van der Waals surface area contributed by atoms with Crippen LogP contribution in [-0.4, -0.2) is 17.6 Å². The number of thiocarbonyl (C=S) groups is 1. The van der Waals surface area contributed by atoms with Crippen LogP contribution in [-0.2, 0) is 4.79 Å². The van der Waals surface area contributed by atoms with Crippen LogP contribution >= 0.6 is 12.2 Å². The number of rotatable bonds is 6. The van der Waals surface area contributed by atoms with Gasteiger partial charge in [0.1, 0.15) is 0 Å². The summed E-state index contributed by atoms with van der Waals surface area (Å²) in [5.41, 5.74) is 7.53. The number of benzene rings is 1. The topological polar surface area (TPSA) is 69.4 Å². The first-order chi connectivity index (χ1) is 9.04. The van der Waals surface area contributed by atoms with Crippen molar-refractivity contribution in [3.63, 3.8) is 0 Å². The molecule has 2 N–H and O–H groups in total. The molecule has 1 rings (SSSR count). The summed E-state index contributed by atoms with van der Waals surface area (Å²) in [5.74, 6) is -1.09. The number of carboxylic acid groups (broad SMARTS) is 1. The first kappa shape index (κ1) is 15.2. The highest BCUT2D eigenvalue weighted by atomic mass is 32.1. The van der Waals surface area contributed by atoms with E-state index in [0.29, 0.717) is 5.11 Å². The van der Waals surface area contributed by atoms with Gasteiger partial charge in [-0.1, -0.05) is 31.2 Å². The molecule has 0 atom stereocenters. The van der Waals surface area contributed by atoms with Crippen molar-refractivity contribution >= 4 is 35.1 Å². The Hall–Kier alpha value is -1.88. The van der Waals surface area contributed by atoms with Gasteiger partial charge in [0.15, 0.2) is 5.11 Å². The molecule has 0 radical (unpaired) electrons. The average Bonchev–Trinajstić information content (AvgIpc) is 2.36. The van der Waals surface area contributed by atoms with Crippen molar-refractivity contribution in [2.24, 2.45) is 5.73 Å². The average molecular weight is 277 g/mol. The molecule has 0 aliphatic rings. The molecule has 0 aliphatic carbocycles. The molecule has 4 nitrogen and oxygen atoms in total. The first-order valence-corrected chi connectivity index (χ1v) is 6.49. The van der Waals surface area contributed by atoms with Crippen LogP contribution in [0.3, 0.4) is 0 Å². The van der Waals surface area contributed by atoms with Gasteiger partial charge in [0.2, 0.25) is 0 Å². The zero-order valence-electron chi connectivity index (χ0n) is 10.8. The molecule has 0 spiro atoms. The van der Waals surface area contributed by atoms with E-state index >= 15 is 0 Å². The summed E-state index contributed by atoms with van der Waals surface area (Å²) in [7, 11) is 0. The summed E-state index contributed by atoms with van der Waals surface area (Å²) >= 11 is 5.01. The number of carbonyl (C=O) groups is 1. The van der Waals surface area contributed by atoms with Crippen molar-refractivity contribution < 1.29 is 9.90 Å². The molecule has 0 heterocycles. The number of anilines is 1. The number of nitrogens with two attached hydrogens (primary N) is 1. The lowest BCUT2D eigenvalue weighted by Crippen LogP contribution is -2.36. The minimum absolute atomic E-state index is 0.0867. The molecule has 0 aliphatic heterocycles. The van der Waals surface area contributed by atoms with Crippen molar-refractivity contribution in [1.29, 1.82) is 0 Å². The Balaban J connectivity index is 2.77. The summed E-state index contributed by atoms with van der Waals surface area (Å²) in [6, 6.07) is 7.60. The molecule has 0 amide bonds. The van der Waals surface area contributed by atoms with Gasteiger partial charge in [0.05, 0.1) is 0 Å². The summed E-state index contributed by atoms with van der Waals surface area (Å²) in [5, 5.41) is 10.6. The van der Waals surface area contributed by atoms with E-state index in [2.05, 4.69) is 6.92 Å². The lowest BCUT2D eigenvalue weighted by molar-refractivity contribution is -0.304. The van der Waals surface area contributed by atoms with Crippen molar-refractivity contribution in [2.45, 2.75) is 19.8 Å². The molecule has 0 bridgehead atoms. The van der Waals surface area contributed by atoms with E-state index in [1.165, 1.54) is 0 Å². The summed E-state index contributed by atoms with van der Waals surface area (Å²) in [6.45, 7) is 2.83. The number of carbonyl (C=O) groups excluding carboxylic acids is 1. The quantitative estimate of drug-likeness (QED) is 0.794. The third kappa shape index (κ3) is 5.09. The molecule has 0 aromatic heterocycles. The Morgan fingerprint density at radius 1 is 1.42 bits per heavy atom. The Bertz CT molecular complexity index is 469. The smallest absolute Gasteiger partial charge is 0.170 e. The highest BCUT2D eigenvalue weighted by molar-refractivity contribution is 7.80. The minimum Gasteiger partial charge on any atom is -0.550 e. The molecule has 0 unspecified atom stereocenters. The number of aliphatic carboxylic acids is 1. The second kappa shape index (κ2) is 7.53. The molecule has 1 aromatic carbocycles. The van der Waals surface area contributed by atoms with Gasteiger partial charge in [-0.2, -0.15) is 0 Å². The Morgan fingerprint density at radius 2 is 2.05 bits per heavy atom. The van der Waals surface area contributed by atoms with Gasteiger partial charge >= 0.3 is 0 Å². The SMILES string of the molecule is CCCN(C(N)=S)c1ccc(/C=C/CC(=O)[O-])cc1. The maximum atomic E-state index is 10.3. The molecular formula is C14H17N2O2S-. The van der Waals surface area contributed by atoms with E-state index in [1.54, 1.807) is 12.2 Å². The molecule has 0 saturated heterocycles. The predicted molar refractivity (Wildman–Crippen MR) is 79.5 cm³/mol. The van der Waals surface area contributed by atoms with Gasteiger partial charge in [0, 0.05) is 24.6 Å². The van der Waals surface area contributed by atoms with E-state index in [-0.39, 0.29) is 6.42 Å². The largest absolute Gasteiger partial charge is 0.550 e. The molecule has 19 heavy (non-hydrogen) atoms. The zero-order chi connectivity index (χ0) is 14.3. The Morgan fingerprint density at radius 3 is 2.53 bits per heavy atom. The normalized spacial score (nSPS) is 10.6. The van der Waals surface area contributed by atoms with Crippen molar-refractivity contribution in [2.75, 3.05) is 11.4 Å². The van der Waals surface area contributed by atoms with E-state index in [0.717, 1.165) is 24.2 Å². The van der Waals surface area contributed by atoms with Gasteiger partial charge < -0.3 is 20.5 Å². The van der Waals surface area contributed by atoms with Crippen LogP contribution in [0.25, 0.3) is 6.08 Å². The maximum Gasteiger partial charge on any atom is 0.170 e. The maximum absolute atomic E-state index is 10.3. The van der Waals surface area contributed by atoms with Gasteiger partial charge in [0.25, 0.3) is 0 Å². The third-order valence-electron chi connectivity index (χ3n) is 2.51. The van der Waals surface area contributed by atoms with Crippen molar-refractivity contribution in [3.8, 4) is 0 Å². The predicted octanol–water partition coefficient (Wildman–Crippen LogP) is 1.30. The van der Waals surface area contributed by atoms with E-state index in [1.807, 2.05) is 29.2 Å². The second-order valence-corrected chi connectivity index (χ2v) is 4.48. The van der Waals surface area contributed by atoms with E-state index in [9.17, 15) is 9.90 Å². The fourth-order valence-corrected chi connectivity index (χ4v) is 1.84. The number of hydrogen-bond acceptors (Lipinski definition) is 3. The first-order valence-electron chi connectivity index (χ1n) is 6.08. The van der Waals surface area contributed by atoms with Gasteiger partial charge in [-0.3, -0.25) is 0 Å². The highest BCUT2D eigenvalue weighted by Crippen LogP contribution is 2.16. The fourth-order valence-electron chi connectivity index (χ4n) is 1.65. The summed E-state index contributed by atoms with van der Waals surface area (Å²) in [6.07, 6.45) is 4.16. The number of nitrogens with zero attached hydrogens (tertiary/aromatic N) is 1. The zero-order valence-corrected chi connectivity index (χ0v) is 11.7. The van der Waals surface area contributed by atoms with Crippen LogP contribution in [0, 0.1) is 0 Å². The van der Waals surface area contributed by atoms with Crippen LogP contribution in [0.1, 0.15) is 25.3 Å². The monoisotopic (exact) mass is 277 g/mol.